The number of nitrogens with zero attached hydrogens (tertiary/aromatic N) is 2. The maximum atomic E-state index is 14.1. The summed E-state index contributed by atoms with van der Waals surface area (Å²) < 4.78 is 15.9. The van der Waals surface area contributed by atoms with E-state index in [9.17, 15) is 4.39 Å². The topological polar surface area (TPSA) is 29.9 Å². The van der Waals surface area contributed by atoms with Crippen LogP contribution in [0.25, 0.3) is 0 Å². The second kappa shape index (κ2) is 4.75. The van der Waals surface area contributed by atoms with Gasteiger partial charge in [-0.1, -0.05) is 0 Å². The van der Waals surface area contributed by atoms with Crippen molar-refractivity contribution in [3.8, 4) is 0 Å². The Morgan fingerprint density at radius 3 is 3.20 bits per heavy atom. The lowest BCUT2D eigenvalue weighted by Gasteiger charge is -2.25. The highest BCUT2D eigenvalue weighted by Crippen LogP contribution is 2.30. The number of alkyl halides is 1. The predicted octanol–water partition coefficient (Wildman–Crippen LogP) is 1.91. The summed E-state index contributed by atoms with van der Waals surface area (Å²) in [6, 6.07) is 0. The fourth-order valence-electron chi connectivity index (χ4n) is 2.10. The number of halogens is 1. The van der Waals surface area contributed by atoms with Crippen molar-refractivity contribution in [1.29, 1.82) is 0 Å². The minimum atomic E-state index is -0.863. The first-order chi connectivity index (χ1) is 7.31. The van der Waals surface area contributed by atoms with Gasteiger partial charge in [0.05, 0.1) is 6.20 Å². The first-order valence-corrected chi connectivity index (χ1v) is 5.68. The fourth-order valence-corrected chi connectivity index (χ4v) is 2.10. The van der Waals surface area contributed by atoms with Crippen molar-refractivity contribution in [2.24, 2.45) is 5.92 Å². The van der Waals surface area contributed by atoms with Crippen LogP contribution in [0, 0.1) is 5.92 Å². The van der Waals surface area contributed by atoms with E-state index in [1.807, 2.05) is 13.1 Å². The molecule has 15 heavy (non-hydrogen) atoms. The number of hydrogen-bond acceptors (Lipinski definition) is 2. The lowest BCUT2D eigenvalue weighted by atomic mass is 9.92. The van der Waals surface area contributed by atoms with Crippen molar-refractivity contribution in [3.63, 3.8) is 0 Å². The molecule has 0 saturated carbocycles. The predicted molar refractivity (Wildman–Crippen MR) is 57.3 cm³/mol. The summed E-state index contributed by atoms with van der Waals surface area (Å²) in [5.41, 5.74) is 0.727. The number of hydrogen-bond donors (Lipinski definition) is 1. The molecule has 0 spiro atoms. The zero-order valence-electron chi connectivity index (χ0n) is 9.12. The highest BCUT2D eigenvalue weighted by atomic mass is 19.1. The van der Waals surface area contributed by atoms with Gasteiger partial charge in [0.25, 0.3) is 0 Å². The second-order valence-corrected chi connectivity index (χ2v) is 4.14. The Kier molecular flexibility index (Phi) is 3.36. The number of aromatic nitrogens is 2. The zero-order chi connectivity index (χ0) is 10.7. The van der Waals surface area contributed by atoms with E-state index in [1.54, 1.807) is 10.9 Å². The molecule has 1 aliphatic rings. The Hall–Kier alpha value is -0.900. The van der Waals surface area contributed by atoms with Crippen molar-refractivity contribution < 1.29 is 4.39 Å². The molecule has 2 atom stereocenters. The summed E-state index contributed by atoms with van der Waals surface area (Å²) in [6.45, 7) is 4.62. The maximum absolute atomic E-state index is 14.1. The van der Waals surface area contributed by atoms with Gasteiger partial charge in [-0.3, -0.25) is 4.68 Å². The molecule has 1 aliphatic heterocycles. The van der Waals surface area contributed by atoms with E-state index in [0.717, 1.165) is 38.0 Å². The number of rotatable bonds is 3. The normalized spacial score (nSPS) is 24.0. The van der Waals surface area contributed by atoms with E-state index in [1.165, 1.54) is 0 Å². The van der Waals surface area contributed by atoms with Gasteiger partial charge in [-0.15, -0.1) is 0 Å². The summed E-state index contributed by atoms with van der Waals surface area (Å²) in [7, 11) is 0. The molecule has 0 aliphatic carbocycles. The smallest absolute Gasteiger partial charge is 0.132 e. The molecule has 1 fully saturated rings. The van der Waals surface area contributed by atoms with Crippen molar-refractivity contribution in [1.82, 2.24) is 15.1 Å². The molecule has 1 N–H and O–H groups in total. The van der Waals surface area contributed by atoms with Crippen LogP contribution in [-0.2, 0) is 6.54 Å². The van der Waals surface area contributed by atoms with E-state index in [4.69, 9.17) is 0 Å². The van der Waals surface area contributed by atoms with Gasteiger partial charge in [0, 0.05) is 30.8 Å². The molecule has 2 rings (SSSR count). The van der Waals surface area contributed by atoms with Crippen LogP contribution in [0.2, 0.25) is 0 Å². The van der Waals surface area contributed by atoms with E-state index >= 15 is 0 Å². The van der Waals surface area contributed by atoms with E-state index < -0.39 is 6.17 Å². The largest absolute Gasteiger partial charge is 0.316 e. The third-order valence-corrected chi connectivity index (χ3v) is 3.04. The van der Waals surface area contributed by atoms with Crippen molar-refractivity contribution in [2.75, 3.05) is 13.1 Å². The van der Waals surface area contributed by atoms with E-state index in [0.29, 0.717) is 0 Å². The highest BCUT2D eigenvalue weighted by molar-refractivity contribution is 5.10. The molecule has 0 bridgehead atoms. The van der Waals surface area contributed by atoms with Gasteiger partial charge in [0.1, 0.15) is 6.17 Å². The van der Waals surface area contributed by atoms with Crippen LogP contribution in [-0.4, -0.2) is 22.9 Å². The SMILES string of the molecule is CCn1cc(C(F)C2CCCNC2)cn1. The lowest BCUT2D eigenvalue weighted by Crippen LogP contribution is -2.32. The Morgan fingerprint density at radius 2 is 2.60 bits per heavy atom. The molecule has 1 aromatic rings. The molecule has 4 heteroatoms. The molecule has 0 aromatic carbocycles. The summed E-state index contributed by atoms with van der Waals surface area (Å²) in [4.78, 5) is 0. The van der Waals surface area contributed by atoms with Gasteiger partial charge in [-0.25, -0.2) is 4.39 Å². The molecule has 1 aromatic heterocycles. The van der Waals surface area contributed by atoms with Crippen molar-refractivity contribution in [2.45, 2.75) is 32.5 Å². The number of nitrogens with one attached hydrogen (secondary N) is 1. The van der Waals surface area contributed by atoms with E-state index in [2.05, 4.69) is 10.4 Å². The maximum Gasteiger partial charge on any atom is 0.132 e. The van der Waals surface area contributed by atoms with Gasteiger partial charge < -0.3 is 5.32 Å². The molecule has 0 radical (unpaired) electrons. The Labute approximate surface area is 89.7 Å². The Morgan fingerprint density at radius 1 is 1.73 bits per heavy atom. The van der Waals surface area contributed by atoms with Crippen LogP contribution in [0.4, 0.5) is 4.39 Å². The van der Waals surface area contributed by atoms with Crippen molar-refractivity contribution in [3.05, 3.63) is 18.0 Å². The van der Waals surface area contributed by atoms with Crippen LogP contribution in [0.5, 0.6) is 0 Å². The van der Waals surface area contributed by atoms with Crippen LogP contribution in [0.15, 0.2) is 12.4 Å². The molecule has 2 heterocycles. The van der Waals surface area contributed by atoms with Gasteiger partial charge in [0.15, 0.2) is 0 Å². The third-order valence-electron chi connectivity index (χ3n) is 3.04. The second-order valence-electron chi connectivity index (χ2n) is 4.14. The van der Waals surface area contributed by atoms with E-state index in [-0.39, 0.29) is 5.92 Å². The first-order valence-electron chi connectivity index (χ1n) is 5.68. The minimum absolute atomic E-state index is 0.119. The standard InChI is InChI=1S/C11H18FN3/c1-2-15-8-10(7-14-15)11(12)9-4-3-5-13-6-9/h7-9,11,13H,2-6H2,1H3. The first kappa shape index (κ1) is 10.6. The summed E-state index contributed by atoms with van der Waals surface area (Å²) in [5.74, 6) is 0.119. The number of piperidine rings is 1. The summed E-state index contributed by atoms with van der Waals surface area (Å²) in [5, 5.41) is 7.35. The van der Waals surface area contributed by atoms with Crippen LogP contribution >= 0.6 is 0 Å². The van der Waals surface area contributed by atoms with Gasteiger partial charge in [-0.2, -0.15) is 5.10 Å². The van der Waals surface area contributed by atoms with Gasteiger partial charge >= 0.3 is 0 Å². The summed E-state index contributed by atoms with van der Waals surface area (Å²) >= 11 is 0. The molecular formula is C11H18FN3. The molecule has 0 amide bonds. The van der Waals surface area contributed by atoms with Crippen LogP contribution in [0.1, 0.15) is 31.5 Å². The molecule has 3 nitrogen and oxygen atoms in total. The monoisotopic (exact) mass is 211 g/mol. The fraction of sp³-hybridized carbons (Fsp3) is 0.727. The van der Waals surface area contributed by atoms with Gasteiger partial charge in [-0.05, 0) is 26.3 Å². The lowest BCUT2D eigenvalue weighted by molar-refractivity contribution is 0.194. The molecule has 1 saturated heterocycles. The zero-order valence-corrected chi connectivity index (χ0v) is 9.12. The van der Waals surface area contributed by atoms with Crippen LogP contribution in [0.3, 0.4) is 0 Å². The summed E-state index contributed by atoms with van der Waals surface area (Å²) in [6.07, 6.45) is 4.67. The Balaban J connectivity index is 2.02. The third kappa shape index (κ3) is 2.37. The van der Waals surface area contributed by atoms with Gasteiger partial charge in [0.2, 0.25) is 0 Å². The molecule has 84 valence electrons. The molecular weight excluding hydrogens is 193 g/mol. The number of aryl methyl sites for hydroxylation is 1. The minimum Gasteiger partial charge on any atom is -0.316 e. The van der Waals surface area contributed by atoms with Crippen LogP contribution < -0.4 is 5.32 Å². The average Bonchev–Trinajstić information content (AvgIpc) is 2.78. The quantitative estimate of drug-likeness (QED) is 0.827. The average molecular weight is 211 g/mol. The molecule has 2 unspecified atom stereocenters. The highest BCUT2D eigenvalue weighted by Gasteiger charge is 2.25. The Bertz CT molecular complexity index is 305. The van der Waals surface area contributed by atoms with Crippen molar-refractivity contribution >= 4 is 0 Å².